The fraction of sp³-hybridized carbons (Fsp3) is 1.00. The zero-order valence-corrected chi connectivity index (χ0v) is 9.56. The Kier molecular flexibility index (Phi) is 7.25. The average Bonchev–Trinajstić information content (AvgIpc) is 2.00. The molecule has 0 aliphatic heterocycles. The van der Waals surface area contributed by atoms with Crippen molar-refractivity contribution in [3.63, 3.8) is 0 Å². The molecule has 0 aliphatic rings. The van der Waals surface area contributed by atoms with Gasteiger partial charge in [0.25, 0.3) is 0 Å². The van der Waals surface area contributed by atoms with E-state index in [9.17, 15) is 14.2 Å². The topological polar surface area (TPSA) is 139 Å². The van der Waals surface area contributed by atoms with Gasteiger partial charge in [-0.2, -0.15) is 0 Å². The molecule has 0 amide bonds. The highest BCUT2D eigenvalue weighted by Crippen LogP contribution is 2.35. The molecule has 0 fully saturated rings. The van der Waals surface area contributed by atoms with E-state index in [1.54, 1.807) is 0 Å². The van der Waals surface area contributed by atoms with Crippen LogP contribution in [-0.4, -0.2) is 27.4 Å². The van der Waals surface area contributed by atoms with Crippen molar-refractivity contribution in [1.82, 2.24) is 0 Å². The van der Waals surface area contributed by atoms with Gasteiger partial charge in [-0.25, -0.2) is 0 Å². The molecule has 0 bridgehead atoms. The van der Waals surface area contributed by atoms with Gasteiger partial charge < -0.3 is 10.8 Å². The van der Waals surface area contributed by atoms with Gasteiger partial charge in [0.15, 0.2) is 0 Å². The summed E-state index contributed by atoms with van der Waals surface area (Å²) in [7, 11) is -6.27. The number of hydrogen-bond acceptors (Lipinski definition) is 6. The van der Waals surface area contributed by atoms with Crippen LogP contribution in [-0.2, 0) is 18.2 Å². The molecule has 0 aromatic rings. The van der Waals surface area contributed by atoms with Crippen LogP contribution in [0.1, 0.15) is 19.3 Å². The quantitative estimate of drug-likeness (QED) is 0.274. The summed E-state index contributed by atoms with van der Waals surface area (Å²) in [5.41, 5.74) is 5.18. The maximum absolute atomic E-state index is 10.3. The van der Waals surface area contributed by atoms with Crippen LogP contribution < -0.4 is 5.73 Å². The Hall–Kier alpha value is -0.0400. The summed E-state index contributed by atoms with van der Waals surface area (Å²) < 4.78 is 28.8. The first-order valence-corrected chi connectivity index (χ1v) is 6.28. The Labute approximate surface area is 87.9 Å². The van der Waals surface area contributed by atoms with Crippen LogP contribution >= 0.6 is 16.5 Å². The average molecular weight is 261 g/mol. The van der Waals surface area contributed by atoms with E-state index in [-0.39, 0.29) is 6.42 Å². The summed E-state index contributed by atoms with van der Waals surface area (Å²) >= 11 is 0. The molecular weight excluding hydrogens is 248 g/mol. The lowest BCUT2D eigenvalue weighted by molar-refractivity contribution is -0.277. The van der Waals surface area contributed by atoms with Gasteiger partial charge in [-0.3, -0.25) is 0 Å². The summed E-state index contributed by atoms with van der Waals surface area (Å²) in [5.74, 6) is -2.53. The van der Waals surface area contributed by atoms with E-state index in [1.165, 1.54) is 0 Å². The van der Waals surface area contributed by atoms with Crippen LogP contribution in [0.3, 0.4) is 0 Å². The molecule has 5 N–H and O–H groups in total. The molecule has 0 aliphatic carbocycles. The highest BCUT2D eigenvalue weighted by molar-refractivity contribution is 7.33. The second kappa shape index (κ2) is 7.27. The Morgan fingerprint density at radius 3 is 1.93 bits per heavy atom. The lowest BCUT2D eigenvalue weighted by Crippen LogP contribution is -2.31. The first kappa shape index (κ1) is 15.0. The lowest BCUT2D eigenvalue weighted by atomic mass is 10.2. The van der Waals surface area contributed by atoms with Crippen molar-refractivity contribution in [2.45, 2.75) is 25.2 Å². The van der Waals surface area contributed by atoms with Gasteiger partial charge in [-0.05, 0) is 28.4 Å². The molecule has 8 nitrogen and oxygen atoms in total. The fourth-order valence-electron chi connectivity index (χ4n) is 0.845. The minimum absolute atomic E-state index is 0.229. The number of aliphatic hydroxyl groups is 1. The van der Waals surface area contributed by atoms with Crippen LogP contribution in [0.25, 0.3) is 0 Å². The summed E-state index contributed by atoms with van der Waals surface area (Å²) in [6.45, 7) is 0.354. The molecule has 0 saturated heterocycles. The molecule has 0 aromatic heterocycles. The molecule has 0 rings (SSSR count). The van der Waals surface area contributed by atoms with Crippen molar-refractivity contribution in [2.24, 2.45) is 5.73 Å². The third-order valence-corrected chi connectivity index (χ3v) is 2.27. The Morgan fingerprint density at radius 2 is 1.60 bits per heavy atom. The Morgan fingerprint density at radius 1 is 1.13 bits per heavy atom. The molecule has 0 spiro atoms. The van der Waals surface area contributed by atoms with Crippen molar-refractivity contribution in [2.75, 3.05) is 6.54 Å². The van der Waals surface area contributed by atoms with E-state index in [1.807, 2.05) is 0 Å². The zero-order valence-electron chi connectivity index (χ0n) is 7.77. The van der Waals surface area contributed by atoms with Gasteiger partial charge in [-0.1, -0.05) is 0 Å². The second-order valence-corrected chi connectivity index (χ2v) is 3.93. The van der Waals surface area contributed by atoms with E-state index < -0.39 is 22.5 Å². The molecule has 10 heteroatoms. The first-order chi connectivity index (χ1) is 6.89. The van der Waals surface area contributed by atoms with E-state index >= 15 is 0 Å². The van der Waals surface area contributed by atoms with Gasteiger partial charge in [0.1, 0.15) is 0 Å². The zero-order chi connectivity index (χ0) is 11.9. The third kappa shape index (κ3) is 7.84. The molecule has 88 valence electrons. The summed E-state index contributed by atoms with van der Waals surface area (Å²) in [6.07, 6.45) is 0.603. The Balaban J connectivity index is 4.26. The molecule has 0 radical (unpaired) electrons. The number of hydrogen-bond donors (Lipinski definition) is 4. The number of rotatable bonds is 8. The molecular formula is C5H13NO7P2+2. The molecule has 2 atom stereocenters. The Bertz CT molecular complexity index is 219. The van der Waals surface area contributed by atoms with Gasteiger partial charge in [0.2, 0.25) is 0 Å². The highest BCUT2D eigenvalue weighted by Gasteiger charge is 2.47. The molecule has 0 heterocycles. The lowest BCUT2D eigenvalue weighted by Gasteiger charge is -2.12. The first-order valence-electron chi connectivity index (χ1n) is 4.02. The molecule has 15 heavy (non-hydrogen) atoms. The second-order valence-electron chi connectivity index (χ2n) is 2.62. The molecule has 0 saturated carbocycles. The van der Waals surface area contributed by atoms with Crippen molar-refractivity contribution >= 4 is 16.5 Å². The van der Waals surface area contributed by atoms with Gasteiger partial charge in [0.05, 0.1) is 0 Å². The standard InChI is InChI=1S/C5H11NO7P2/c6-4-2-1-3-5(7,12-14(8)9)13-15(10)11/h7H,1-4,6H2/p+2. The summed E-state index contributed by atoms with van der Waals surface area (Å²) in [5, 5.41) is 9.41. The van der Waals surface area contributed by atoms with E-state index in [0.29, 0.717) is 19.4 Å². The number of nitrogens with two attached hydrogens (primary N) is 1. The maximum atomic E-state index is 10.3. The van der Waals surface area contributed by atoms with Crippen LogP contribution in [0.15, 0.2) is 0 Å². The predicted octanol–water partition coefficient (Wildman–Crippen LogP) is 0.0941. The predicted molar refractivity (Wildman–Crippen MR) is 49.7 cm³/mol. The van der Waals surface area contributed by atoms with Crippen molar-refractivity contribution in [1.29, 1.82) is 0 Å². The summed E-state index contributed by atoms with van der Waals surface area (Å²) in [4.78, 5) is 16.8. The molecule has 2 unspecified atom stereocenters. The van der Waals surface area contributed by atoms with Crippen molar-refractivity contribution < 1.29 is 33.1 Å². The SMILES string of the molecule is NCCCCC(O)(O[P+](=O)O)O[P+](=O)O. The van der Waals surface area contributed by atoms with Crippen LogP contribution in [0.4, 0.5) is 0 Å². The minimum atomic E-state index is -3.14. The third-order valence-electron chi connectivity index (χ3n) is 1.39. The van der Waals surface area contributed by atoms with Gasteiger partial charge >= 0.3 is 22.5 Å². The maximum Gasteiger partial charge on any atom is 0.700 e. The van der Waals surface area contributed by atoms with Gasteiger partial charge in [-0.15, -0.1) is 9.79 Å². The van der Waals surface area contributed by atoms with E-state index in [4.69, 9.17) is 15.5 Å². The minimum Gasteiger partial charge on any atom is -0.337 e. The van der Waals surface area contributed by atoms with E-state index in [2.05, 4.69) is 9.05 Å². The molecule has 0 aromatic carbocycles. The largest absolute Gasteiger partial charge is 0.700 e. The summed E-state index contributed by atoms with van der Waals surface area (Å²) in [6, 6.07) is 0. The number of unbranched alkanes of at least 4 members (excludes halogenated alkanes) is 1. The monoisotopic (exact) mass is 261 g/mol. The van der Waals surface area contributed by atoms with Crippen molar-refractivity contribution in [3.8, 4) is 0 Å². The smallest absolute Gasteiger partial charge is 0.337 e. The van der Waals surface area contributed by atoms with Crippen LogP contribution in [0.2, 0.25) is 0 Å². The highest BCUT2D eigenvalue weighted by atomic mass is 31.1. The van der Waals surface area contributed by atoms with Crippen LogP contribution in [0, 0.1) is 0 Å². The van der Waals surface area contributed by atoms with Gasteiger partial charge in [0, 0.05) is 15.6 Å². The fourth-order valence-corrected chi connectivity index (χ4v) is 1.65. The van der Waals surface area contributed by atoms with E-state index in [0.717, 1.165) is 0 Å². The normalized spacial score (nSPS) is 17.1. The van der Waals surface area contributed by atoms with Crippen molar-refractivity contribution in [3.05, 3.63) is 0 Å². The van der Waals surface area contributed by atoms with Crippen LogP contribution in [0.5, 0.6) is 0 Å².